The van der Waals surface area contributed by atoms with Gasteiger partial charge >= 0.3 is 0 Å². The lowest BCUT2D eigenvalue weighted by atomic mass is 10.1. The van der Waals surface area contributed by atoms with Crippen molar-refractivity contribution in [3.8, 4) is 0 Å². The van der Waals surface area contributed by atoms with E-state index in [9.17, 15) is 5.11 Å². The molecule has 0 aliphatic heterocycles. The molecular formula is C13H28O2. The monoisotopic (exact) mass is 216 g/mol. The van der Waals surface area contributed by atoms with Gasteiger partial charge in [0.1, 0.15) is 0 Å². The lowest BCUT2D eigenvalue weighted by Crippen LogP contribution is -2.18. The molecule has 92 valence electrons. The number of aliphatic hydroxyl groups excluding tert-OH is 1. The number of rotatable bonds is 10. The van der Waals surface area contributed by atoms with Gasteiger partial charge in [0.05, 0.1) is 18.8 Å². The highest BCUT2D eigenvalue weighted by Gasteiger charge is 2.04. The molecule has 0 aromatic heterocycles. The van der Waals surface area contributed by atoms with Crippen LogP contribution in [0.3, 0.4) is 0 Å². The Labute approximate surface area is 95.0 Å². The molecule has 15 heavy (non-hydrogen) atoms. The molecule has 0 aliphatic carbocycles. The molecule has 1 unspecified atom stereocenters. The molecule has 0 aromatic carbocycles. The summed E-state index contributed by atoms with van der Waals surface area (Å²) in [6.45, 7) is 6.72. The van der Waals surface area contributed by atoms with Gasteiger partial charge in [0.25, 0.3) is 0 Å². The maximum absolute atomic E-state index is 9.58. The maximum Gasteiger partial charge on any atom is 0.0773 e. The maximum atomic E-state index is 9.58. The average Bonchev–Trinajstić information content (AvgIpc) is 2.20. The Morgan fingerprint density at radius 1 is 1.00 bits per heavy atom. The van der Waals surface area contributed by atoms with E-state index in [1.54, 1.807) is 0 Å². The standard InChI is InChI=1S/C13H28O2/c1-4-5-6-7-8-9-10-13(14)11-15-12(2)3/h12-14H,4-11H2,1-3H3. The van der Waals surface area contributed by atoms with Gasteiger partial charge in [-0.15, -0.1) is 0 Å². The summed E-state index contributed by atoms with van der Waals surface area (Å²) in [7, 11) is 0. The Bertz CT molecular complexity index is 124. The third-order valence-corrected chi connectivity index (χ3v) is 2.51. The van der Waals surface area contributed by atoms with Crippen LogP contribution in [-0.2, 0) is 4.74 Å². The van der Waals surface area contributed by atoms with E-state index in [0.717, 1.165) is 12.8 Å². The molecule has 2 nitrogen and oxygen atoms in total. The van der Waals surface area contributed by atoms with Gasteiger partial charge in [-0.25, -0.2) is 0 Å². The molecule has 0 rings (SSSR count). The van der Waals surface area contributed by atoms with Crippen molar-refractivity contribution in [3.63, 3.8) is 0 Å². The van der Waals surface area contributed by atoms with E-state index in [1.807, 2.05) is 13.8 Å². The van der Waals surface area contributed by atoms with Crippen LogP contribution >= 0.6 is 0 Å². The summed E-state index contributed by atoms with van der Waals surface area (Å²) in [5.74, 6) is 0. The lowest BCUT2D eigenvalue weighted by Gasteiger charge is -2.13. The molecule has 0 heterocycles. The lowest BCUT2D eigenvalue weighted by molar-refractivity contribution is 0.00178. The van der Waals surface area contributed by atoms with Gasteiger partial charge in [0, 0.05) is 0 Å². The minimum absolute atomic E-state index is 0.226. The molecule has 0 saturated carbocycles. The van der Waals surface area contributed by atoms with Crippen LogP contribution in [0, 0.1) is 0 Å². The van der Waals surface area contributed by atoms with Gasteiger partial charge in [-0.2, -0.15) is 0 Å². The van der Waals surface area contributed by atoms with Crippen molar-refractivity contribution < 1.29 is 9.84 Å². The van der Waals surface area contributed by atoms with Crippen molar-refractivity contribution in [3.05, 3.63) is 0 Å². The van der Waals surface area contributed by atoms with E-state index in [2.05, 4.69) is 6.92 Å². The number of hydrogen-bond donors (Lipinski definition) is 1. The minimum Gasteiger partial charge on any atom is -0.391 e. The summed E-state index contributed by atoms with van der Waals surface area (Å²) in [6, 6.07) is 0. The number of aliphatic hydroxyl groups is 1. The van der Waals surface area contributed by atoms with Crippen LogP contribution in [0.25, 0.3) is 0 Å². The highest BCUT2D eigenvalue weighted by atomic mass is 16.5. The topological polar surface area (TPSA) is 29.5 Å². The molecule has 0 aliphatic rings. The Balaban J connectivity index is 3.13. The van der Waals surface area contributed by atoms with E-state index >= 15 is 0 Å². The van der Waals surface area contributed by atoms with Crippen LogP contribution in [0.5, 0.6) is 0 Å². The summed E-state index contributed by atoms with van der Waals surface area (Å²) >= 11 is 0. The summed E-state index contributed by atoms with van der Waals surface area (Å²) in [6.07, 6.45) is 8.52. The highest BCUT2D eigenvalue weighted by Crippen LogP contribution is 2.09. The fraction of sp³-hybridized carbons (Fsp3) is 1.00. The Kier molecular flexibility index (Phi) is 10.4. The summed E-state index contributed by atoms with van der Waals surface area (Å²) in [5.41, 5.74) is 0. The van der Waals surface area contributed by atoms with Gasteiger partial charge < -0.3 is 9.84 Å². The second-order valence-corrected chi connectivity index (χ2v) is 4.59. The third kappa shape index (κ3) is 11.8. The normalized spacial score (nSPS) is 13.4. The van der Waals surface area contributed by atoms with Crippen molar-refractivity contribution in [2.75, 3.05) is 6.61 Å². The zero-order chi connectivity index (χ0) is 11.5. The predicted octanol–water partition coefficient (Wildman–Crippen LogP) is 3.52. The molecule has 0 aromatic rings. The van der Waals surface area contributed by atoms with E-state index in [0.29, 0.717) is 6.61 Å². The fourth-order valence-electron chi connectivity index (χ4n) is 1.55. The summed E-state index contributed by atoms with van der Waals surface area (Å²) in [5, 5.41) is 9.58. The van der Waals surface area contributed by atoms with Gasteiger partial charge in [0.15, 0.2) is 0 Å². The smallest absolute Gasteiger partial charge is 0.0773 e. The van der Waals surface area contributed by atoms with Crippen LogP contribution in [0.4, 0.5) is 0 Å². The highest BCUT2D eigenvalue weighted by molar-refractivity contribution is 4.55. The average molecular weight is 216 g/mol. The molecular weight excluding hydrogens is 188 g/mol. The van der Waals surface area contributed by atoms with Gasteiger partial charge in [-0.05, 0) is 20.3 Å². The summed E-state index contributed by atoms with van der Waals surface area (Å²) in [4.78, 5) is 0. The van der Waals surface area contributed by atoms with E-state index in [1.165, 1.54) is 32.1 Å². The first-order valence-electron chi connectivity index (χ1n) is 6.46. The second kappa shape index (κ2) is 10.4. The summed E-state index contributed by atoms with van der Waals surface area (Å²) < 4.78 is 5.35. The van der Waals surface area contributed by atoms with E-state index in [4.69, 9.17) is 4.74 Å². The van der Waals surface area contributed by atoms with Crippen LogP contribution in [0.15, 0.2) is 0 Å². The van der Waals surface area contributed by atoms with Crippen LogP contribution in [0.1, 0.15) is 65.7 Å². The van der Waals surface area contributed by atoms with E-state index < -0.39 is 0 Å². The van der Waals surface area contributed by atoms with Crippen molar-refractivity contribution in [1.29, 1.82) is 0 Å². The number of ether oxygens (including phenoxy) is 1. The molecule has 0 saturated heterocycles. The van der Waals surface area contributed by atoms with Crippen LogP contribution in [-0.4, -0.2) is 23.9 Å². The van der Waals surface area contributed by atoms with Crippen molar-refractivity contribution in [2.45, 2.75) is 77.9 Å². The SMILES string of the molecule is CCCCCCCCC(O)COC(C)C. The van der Waals surface area contributed by atoms with Gasteiger partial charge in [-0.1, -0.05) is 45.4 Å². The van der Waals surface area contributed by atoms with Gasteiger partial charge in [0.2, 0.25) is 0 Å². The van der Waals surface area contributed by atoms with Gasteiger partial charge in [-0.3, -0.25) is 0 Å². The Morgan fingerprint density at radius 3 is 2.20 bits per heavy atom. The fourth-order valence-corrected chi connectivity index (χ4v) is 1.55. The van der Waals surface area contributed by atoms with Crippen molar-refractivity contribution >= 4 is 0 Å². The first kappa shape index (κ1) is 14.9. The van der Waals surface area contributed by atoms with Crippen LogP contribution in [0.2, 0.25) is 0 Å². The minimum atomic E-state index is -0.265. The molecule has 0 amide bonds. The van der Waals surface area contributed by atoms with Crippen molar-refractivity contribution in [1.82, 2.24) is 0 Å². The first-order valence-corrected chi connectivity index (χ1v) is 6.46. The first-order chi connectivity index (χ1) is 7.16. The zero-order valence-electron chi connectivity index (χ0n) is 10.7. The van der Waals surface area contributed by atoms with Crippen LogP contribution < -0.4 is 0 Å². The Hall–Kier alpha value is -0.0800. The largest absolute Gasteiger partial charge is 0.391 e. The predicted molar refractivity (Wildman–Crippen MR) is 65.1 cm³/mol. The number of hydrogen-bond acceptors (Lipinski definition) is 2. The second-order valence-electron chi connectivity index (χ2n) is 4.59. The number of unbranched alkanes of at least 4 members (excludes halogenated alkanes) is 5. The molecule has 0 fully saturated rings. The molecule has 0 radical (unpaired) electrons. The molecule has 1 atom stereocenters. The zero-order valence-corrected chi connectivity index (χ0v) is 10.7. The quantitative estimate of drug-likeness (QED) is 0.566. The van der Waals surface area contributed by atoms with E-state index in [-0.39, 0.29) is 12.2 Å². The molecule has 2 heteroatoms. The molecule has 0 spiro atoms. The molecule has 1 N–H and O–H groups in total. The third-order valence-electron chi connectivity index (χ3n) is 2.51. The molecule has 0 bridgehead atoms. The van der Waals surface area contributed by atoms with Crippen molar-refractivity contribution in [2.24, 2.45) is 0 Å². The Morgan fingerprint density at radius 2 is 1.60 bits per heavy atom.